The van der Waals surface area contributed by atoms with Crippen molar-refractivity contribution in [3.05, 3.63) is 53.6 Å². The Hall–Kier alpha value is -2.10. The van der Waals surface area contributed by atoms with Crippen molar-refractivity contribution in [3.8, 4) is 0 Å². The van der Waals surface area contributed by atoms with Crippen molar-refractivity contribution in [1.29, 1.82) is 0 Å². The Balaban J connectivity index is 2.30. The van der Waals surface area contributed by atoms with Crippen LogP contribution in [0.15, 0.2) is 36.4 Å². The van der Waals surface area contributed by atoms with Crippen LogP contribution in [0.4, 0.5) is 25.8 Å². The highest BCUT2D eigenvalue weighted by Gasteiger charge is 2.14. The lowest BCUT2D eigenvalue weighted by atomic mass is 9.87. The lowest BCUT2D eigenvalue weighted by molar-refractivity contribution is 0.512. The molecule has 0 radical (unpaired) electrons. The number of halogens is 2. The zero-order valence-corrected chi connectivity index (χ0v) is 11.8. The fraction of sp³-hybridized carbons (Fsp3) is 0.250. The summed E-state index contributed by atoms with van der Waals surface area (Å²) < 4.78 is 26.9. The van der Waals surface area contributed by atoms with Crippen LogP contribution in [-0.4, -0.2) is 0 Å². The van der Waals surface area contributed by atoms with Crippen LogP contribution in [0.5, 0.6) is 0 Å². The van der Waals surface area contributed by atoms with Crippen molar-refractivity contribution in [3.63, 3.8) is 0 Å². The topological polar surface area (TPSA) is 38.0 Å². The maximum Gasteiger partial charge on any atom is 0.184 e. The van der Waals surface area contributed by atoms with Crippen LogP contribution in [-0.2, 0) is 5.41 Å². The van der Waals surface area contributed by atoms with E-state index in [1.54, 1.807) is 0 Å². The summed E-state index contributed by atoms with van der Waals surface area (Å²) in [4.78, 5) is 0. The third-order valence-electron chi connectivity index (χ3n) is 3.15. The van der Waals surface area contributed by atoms with Crippen molar-refractivity contribution in [2.45, 2.75) is 26.2 Å². The lowest BCUT2D eigenvalue weighted by Gasteiger charge is -2.19. The van der Waals surface area contributed by atoms with E-state index >= 15 is 0 Å². The molecule has 0 aliphatic carbocycles. The molecule has 0 spiro atoms. The van der Waals surface area contributed by atoms with Crippen molar-refractivity contribution in [2.75, 3.05) is 11.1 Å². The predicted octanol–water partition coefficient (Wildman–Crippen LogP) is 4.59. The standard InChI is InChI=1S/C16H18F2N2/c1-16(2,3)10-4-6-11(7-5-10)20-15-13(19)9-8-12(17)14(15)18/h4-9,20H,19H2,1-3H3. The van der Waals surface area contributed by atoms with Gasteiger partial charge in [-0.25, -0.2) is 8.78 Å². The minimum Gasteiger partial charge on any atom is -0.397 e. The Bertz CT molecular complexity index is 614. The van der Waals surface area contributed by atoms with Crippen molar-refractivity contribution >= 4 is 17.1 Å². The normalized spacial score (nSPS) is 11.4. The second-order valence-electron chi connectivity index (χ2n) is 5.78. The van der Waals surface area contributed by atoms with Gasteiger partial charge in [-0.15, -0.1) is 0 Å². The molecule has 0 saturated carbocycles. The SMILES string of the molecule is CC(C)(C)c1ccc(Nc2c(N)ccc(F)c2F)cc1. The first-order valence-electron chi connectivity index (χ1n) is 6.40. The van der Waals surface area contributed by atoms with E-state index in [-0.39, 0.29) is 16.8 Å². The number of rotatable bonds is 2. The number of anilines is 3. The van der Waals surface area contributed by atoms with E-state index < -0.39 is 11.6 Å². The minimum atomic E-state index is -0.968. The number of hydrogen-bond acceptors (Lipinski definition) is 2. The highest BCUT2D eigenvalue weighted by molar-refractivity contribution is 5.73. The molecule has 20 heavy (non-hydrogen) atoms. The number of hydrogen-bond donors (Lipinski definition) is 2. The summed E-state index contributed by atoms with van der Waals surface area (Å²) in [5.41, 5.74) is 7.67. The lowest BCUT2D eigenvalue weighted by Crippen LogP contribution is -2.10. The van der Waals surface area contributed by atoms with Gasteiger partial charge in [0.25, 0.3) is 0 Å². The largest absolute Gasteiger partial charge is 0.397 e. The first-order valence-corrected chi connectivity index (χ1v) is 6.40. The molecule has 0 fully saturated rings. The van der Waals surface area contributed by atoms with Crippen LogP contribution in [0.3, 0.4) is 0 Å². The van der Waals surface area contributed by atoms with Gasteiger partial charge in [-0.05, 0) is 35.2 Å². The second kappa shape index (κ2) is 5.12. The Morgan fingerprint density at radius 2 is 1.55 bits per heavy atom. The molecule has 106 valence electrons. The molecule has 0 bridgehead atoms. The molecule has 0 amide bonds. The molecule has 3 N–H and O–H groups in total. The maximum absolute atomic E-state index is 13.7. The van der Waals surface area contributed by atoms with Crippen LogP contribution in [0, 0.1) is 11.6 Å². The van der Waals surface area contributed by atoms with Crippen molar-refractivity contribution in [1.82, 2.24) is 0 Å². The molecule has 4 heteroatoms. The minimum absolute atomic E-state index is 0.0338. The molecule has 0 aromatic heterocycles. The Morgan fingerprint density at radius 1 is 0.950 bits per heavy atom. The number of nitrogen functional groups attached to an aromatic ring is 1. The van der Waals surface area contributed by atoms with Gasteiger partial charge in [-0.3, -0.25) is 0 Å². The quantitative estimate of drug-likeness (QED) is 0.787. The summed E-state index contributed by atoms with van der Waals surface area (Å²) in [6.07, 6.45) is 0. The predicted molar refractivity (Wildman–Crippen MR) is 79.2 cm³/mol. The summed E-state index contributed by atoms with van der Waals surface area (Å²) in [7, 11) is 0. The average molecular weight is 276 g/mol. The molecule has 2 nitrogen and oxygen atoms in total. The third-order valence-corrected chi connectivity index (χ3v) is 3.15. The Labute approximate surface area is 117 Å². The van der Waals surface area contributed by atoms with E-state index in [4.69, 9.17) is 5.73 Å². The molecule has 0 saturated heterocycles. The van der Waals surface area contributed by atoms with E-state index in [1.165, 1.54) is 6.07 Å². The first kappa shape index (κ1) is 14.3. The van der Waals surface area contributed by atoms with Gasteiger partial charge in [-0.1, -0.05) is 32.9 Å². The molecule has 2 aromatic carbocycles. The van der Waals surface area contributed by atoms with Gasteiger partial charge in [0.15, 0.2) is 11.6 Å². The van der Waals surface area contributed by atoms with Crippen molar-refractivity contribution < 1.29 is 8.78 Å². The summed E-state index contributed by atoms with van der Waals surface area (Å²) in [6, 6.07) is 9.91. The Kier molecular flexibility index (Phi) is 3.66. The fourth-order valence-corrected chi connectivity index (χ4v) is 1.89. The molecule has 0 aliphatic rings. The summed E-state index contributed by atoms with van der Waals surface area (Å²) in [6.45, 7) is 6.33. The van der Waals surface area contributed by atoms with Crippen LogP contribution >= 0.6 is 0 Å². The van der Waals surface area contributed by atoms with E-state index in [9.17, 15) is 8.78 Å². The Morgan fingerprint density at radius 3 is 2.10 bits per heavy atom. The van der Waals surface area contributed by atoms with E-state index in [0.717, 1.165) is 11.6 Å². The van der Waals surface area contributed by atoms with Gasteiger partial charge in [-0.2, -0.15) is 0 Å². The smallest absolute Gasteiger partial charge is 0.184 e. The van der Waals surface area contributed by atoms with Crippen LogP contribution < -0.4 is 11.1 Å². The third kappa shape index (κ3) is 2.90. The second-order valence-corrected chi connectivity index (χ2v) is 5.78. The van der Waals surface area contributed by atoms with E-state index in [0.29, 0.717) is 5.69 Å². The fourth-order valence-electron chi connectivity index (χ4n) is 1.89. The van der Waals surface area contributed by atoms with Crippen molar-refractivity contribution in [2.24, 2.45) is 0 Å². The number of benzene rings is 2. The molecule has 0 atom stereocenters. The summed E-state index contributed by atoms with van der Waals surface area (Å²) in [5, 5.41) is 2.82. The molecular formula is C16H18F2N2. The molecule has 0 heterocycles. The van der Waals surface area contributed by atoms with Crippen LogP contribution in [0.25, 0.3) is 0 Å². The van der Waals surface area contributed by atoms with Gasteiger partial charge in [0.05, 0.1) is 5.69 Å². The molecular weight excluding hydrogens is 258 g/mol. The molecule has 0 aliphatic heterocycles. The van der Waals surface area contributed by atoms with Crippen LogP contribution in [0.1, 0.15) is 26.3 Å². The highest BCUT2D eigenvalue weighted by atomic mass is 19.2. The summed E-state index contributed by atoms with van der Waals surface area (Å²) >= 11 is 0. The summed E-state index contributed by atoms with van der Waals surface area (Å²) in [5.74, 6) is -1.89. The van der Waals surface area contributed by atoms with Gasteiger partial charge < -0.3 is 11.1 Å². The van der Waals surface area contributed by atoms with Gasteiger partial charge in [0.2, 0.25) is 0 Å². The van der Waals surface area contributed by atoms with Gasteiger partial charge in [0.1, 0.15) is 5.69 Å². The van der Waals surface area contributed by atoms with Crippen LogP contribution in [0.2, 0.25) is 0 Å². The monoisotopic (exact) mass is 276 g/mol. The van der Waals surface area contributed by atoms with E-state index in [1.807, 2.05) is 24.3 Å². The average Bonchev–Trinajstić information content (AvgIpc) is 2.39. The van der Waals surface area contributed by atoms with E-state index in [2.05, 4.69) is 26.1 Å². The zero-order chi connectivity index (χ0) is 14.9. The maximum atomic E-state index is 13.7. The first-order chi connectivity index (χ1) is 9.29. The zero-order valence-electron chi connectivity index (χ0n) is 11.8. The highest BCUT2D eigenvalue weighted by Crippen LogP contribution is 2.29. The molecule has 2 rings (SSSR count). The molecule has 0 unspecified atom stereocenters. The van der Waals surface area contributed by atoms with Gasteiger partial charge in [0, 0.05) is 5.69 Å². The molecule has 2 aromatic rings. The number of nitrogens with two attached hydrogens (primary N) is 1. The number of nitrogens with one attached hydrogen (secondary N) is 1. The van der Waals surface area contributed by atoms with Gasteiger partial charge >= 0.3 is 0 Å².